The lowest BCUT2D eigenvalue weighted by atomic mass is 10.0. The minimum atomic E-state index is -0.190. The van der Waals surface area contributed by atoms with Crippen LogP contribution < -0.4 is 16.0 Å². The Labute approximate surface area is 157 Å². The SMILES string of the molecule is CNC(=O)c1cc(Nc2ccccc2)cc(-c2ccnc(NC(C)=O)c2)c1. The van der Waals surface area contributed by atoms with Crippen LogP contribution in [0, 0.1) is 0 Å². The molecule has 27 heavy (non-hydrogen) atoms. The number of anilines is 3. The first-order chi connectivity index (χ1) is 13.0. The lowest BCUT2D eigenvalue weighted by Gasteiger charge is -2.12. The average Bonchev–Trinajstić information content (AvgIpc) is 2.67. The number of hydrogen-bond donors (Lipinski definition) is 3. The molecule has 3 N–H and O–H groups in total. The Balaban J connectivity index is 2.02. The van der Waals surface area contributed by atoms with Crippen molar-refractivity contribution in [1.29, 1.82) is 0 Å². The molecule has 6 heteroatoms. The van der Waals surface area contributed by atoms with E-state index in [1.807, 2.05) is 48.5 Å². The zero-order valence-corrected chi connectivity index (χ0v) is 15.1. The molecule has 3 aromatic rings. The highest BCUT2D eigenvalue weighted by molar-refractivity contribution is 5.97. The number of nitrogens with zero attached hydrogens (tertiary/aromatic N) is 1. The van der Waals surface area contributed by atoms with E-state index in [-0.39, 0.29) is 11.8 Å². The van der Waals surface area contributed by atoms with Crippen molar-refractivity contribution >= 4 is 29.0 Å². The fourth-order valence-electron chi connectivity index (χ4n) is 2.69. The number of carbonyl (C=O) groups excluding carboxylic acids is 2. The molecular formula is C21H20N4O2. The van der Waals surface area contributed by atoms with Gasteiger partial charge in [-0.3, -0.25) is 9.59 Å². The Morgan fingerprint density at radius 2 is 1.67 bits per heavy atom. The predicted molar refractivity (Wildman–Crippen MR) is 107 cm³/mol. The molecule has 0 saturated carbocycles. The third kappa shape index (κ3) is 4.70. The molecule has 3 rings (SSSR count). The van der Waals surface area contributed by atoms with Gasteiger partial charge < -0.3 is 16.0 Å². The molecule has 0 bridgehead atoms. The Bertz CT molecular complexity index is 971. The monoisotopic (exact) mass is 360 g/mol. The number of pyridine rings is 1. The number of carbonyl (C=O) groups is 2. The Morgan fingerprint density at radius 1 is 0.889 bits per heavy atom. The molecule has 0 aliphatic carbocycles. The predicted octanol–water partition coefficient (Wildman–Crippen LogP) is 3.81. The maximum atomic E-state index is 12.2. The minimum absolute atomic E-state index is 0.177. The summed E-state index contributed by atoms with van der Waals surface area (Å²) in [4.78, 5) is 27.6. The van der Waals surface area contributed by atoms with Crippen LogP contribution in [0.3, 0.4) is 0 Å². The maximum Gasteiger partial charge on any atom is 0.251 e. The molecular weight excluding hydrogens is 340 g/mol. The van der Waals surface area contributed by atoms with E-state index in [0.29, 0.717) is 11.4 Å². The summed E-state index contributed by atoms with van der Waals surface area (Å²) in [7, 11) is 1.60. The summed E-state index contributed by atoms with van der Waals surface area (Å²) in [5.41, 5.74) is 3.92. The molecule has 136 valence electrons. The van der Waals surface area contributed by atoms with Crippen LogP contribution in [0.25, 0.3) is 11.1 Å². The van der Waals surface area contributed by atoms with E-state index in [1.165, 1.54) is 6.92 Å². The quantitative estimate of drug-likeness (QED) is 0.646. The second-order valence-corrected chi connectivity index (χ2v) is 5.98. The van der Waals surface area contributed by atoms with Crippen LogP contribution in [0.2, 0.25) is 0 Å². The van der Waals surface area contributed by atoms with Crippen LogP contribution >= 0.6 is 0 Å². The van der Waals surface area contributed by atoms with Gasteiger partial charge in [0.1, 0.15) is 5.82 Å². The summed E-state index contributed by atoms with van der Waals surface area (Å²) in [6, 6.07) is 18.9. The molecule has 2 amide bonds. The van der Waals surface area contributed by atoms with Gasteiger partial charge in [-0.15, -0.1) is 0 Å². The smallest absolute Gasteiger partial charge is 0.251 e. The van der Waals surface area contributed by atoms with Gasteiger partial charge in [0.05, 0.1) is 0 Å². The van der Waals surface area contributed by atoms with Crippen LogP contribution in [0.15, 0.2) is 66.9 Å². The van der Waals surface area contributed by atoms with E-state index in [0.717, 1.165) is 22.5 Å². The van der Waals surface area contributed by atoms with Crippen LogP contribution in [-0.4, -0.2) is 23.8 Å². The van der Waals surface area contributed by atoms with Crippen molar-refractivity contribution in [1.82, 2.24) is 10.3 Å². The first kappa shape index (κ1) is 18.1. The molecule has 0 atom stereocenters. The summed E-state index contributed by atoms with van der Waals surface area (Å²) in [6.07, 6.45) is 1.62. The molecule has 1 aromatic heterocycles. The summed E-state index contributed by atoms with van der Waals surface area (Å²) >= 11 is 0. The van der Waals surface area contributed by atoms with Gasteiger partial charge in [0, 0.05) is 37.1 Å². The number of aromatic nitrogens is 1. The van der Waals surface area contributed by atoms with Gasteiger partial charge in [-0.1, -0.05) is 18.2 Å². The van der Waals surface area contributed by atoms with Gasteiger partial charge >= 0.3 is 0 Å². The van der Waals surface area contributed by atoms with Gasteiger partial charge in [-0.2, -0.15) is 0 Å². The number of benzene rings is 2. The van der Waals surface area contributed by atoms with Gasteiger partial charge in [0.25, 0.3) is 5.91 Å². The molecule has 6 nitrogen and oxygen atoms in total. The van der Waals surface area contributed by atoms with Crippen LogP contribution in [0.1, 0.15) is 17.3 Å². The van der Waals surface area contributed by atoms with Crippen molar-refractivity contribution in [3.05, 3.63) is 72.4 Å². The first-order valence-electron chi connectivity index (χ1n) is 8.48. The molecule has 0 aliphatic heterocycles. The molecule has 0 radical (unpaired) electrons. The highest BCUT2D eigenvalue weighted by Crippen LogP contribution is 2.28. The normalized spacial score (nSPS) is 10.1. The number of nitrogens with one attached hydrogen (secondary N) is 3. The summed E-state index contributed by atoms with van der Waals surface area (Å²) < 4.78 is 0. The third-order valence-corrected chi connectivity index (χ3v) is 3.88. The van der Waals surface area contributed by atoms with E-state index >= 15 is 0 Å². The van der Waals surface area contributed by atoms with Crippen LogP contribution in [0.4, 0.5) is 17.2 Å². The first-order valence-corrected chi connectivity index (χ1v) is 8.48. The van der Waals surface area contributed by atoms with Crippen molar-refractivity contribution in [3.8, 4) is 11.1 Å². The second-order valence-electron chi connectivity index (χ2n) is 5.98. The van der Waals surface area contributed by atoms with Crippen molar-refractivity contribution in [3.63, 3.8) is 0 Å². The fraction of sp³-hybridized carbons (Fsp3) is 0.0952. The van der Waals surface area contributed by atoms with E-state index in [9.17, 15) is 9.59 Å². The lowest BCUT2D eigenvalue weighted by molar-refractivity contribution is -0.114. The van der Waals surface area contributed by atoms with Crippen LogP contribution in [-0.2, 0) is 4.79 Å². The zero-order valence-electron chi connectivity index (χ0n) is 15.1. The van der Waals surface area contributed by atoms with E-state index in [4.69, 9.17) is 0 Å². The largest absolute Gasteiger partial charge is 0.355 e. The molecule has 2 aromatic carbocycles. The van der Waals surface area contributed by atoms with Crippen LogP contribution in [0.5, 0.6) is 0 Å². The third-order valence-electron chi connectivity index (χ3n) is 3.88. The van der Waals surface area contributed by atoms with Crippen molar-refractivity contribution in [2.24, 2.45) is 0 Å². The Morgan fingerprint density at radius 3 is 2.37 bits per heavy atom. The second kappa shape index (κ2) is 8.14. The van der Waals surface area contributed by atoms with Crippen molar-refractivity contribution < 1.29 is 9.59 Å². The van der Waals surface area contributed by atoms with Gasteiger partial charge in [-0.25, -0.2) is 4.98 Å². The zero-order chi connectivity index (χ0) is 19.2. The Hall–Kier alpha value is -3.67. The highest BCUT2D eigenvalue weighted by Gasteiger charge is 2.10. The highest BCUT2D eigenvalue weighted by atomic mass is 16.2. The van der Waals surface area contributed by atoms with Crippen molar-refractivity contribution in [2.45, 2.75) is 6.92 Å². The fourth-order valence-corrected chi connectivity index (χ4v) is 2.69. The van der Waals surface area contributed by atoms with E-state index in [2.05, 4.69) is 20.9 Å². The average molecular weight is 360 g/mol. The van der Waals surface area contributed by atoms with E-state index < -0.39 is 0 Å². The number of hydrogen-bond acceptors (Lipinski definition) is 4. The summed E-state index contributed by atoms with van der Waals surface area (Å²) in [6.45, 7) is 1.43. The van der Waals surface area contributed by atoms with Crippen molar-refractivity contribution in [2.75, 3.05) is 17.7 Å². The maximum absolute atomic E-state index is 12.2. The number of rotatable bonds is 5. The molecule has 0 fully saturated rings. The standard InChI is InChI=1S/C21H20N4O2/c1-14(26)24-20-13-15(8-9-23-20)16-10-17(21(27)22-2)12-19(11-16)25-18-6-4-3-5-7-18/h3-13,25H,1-2H3,(H,22,27)(H,23,24,26). The van der Waals surface area contributed by atoms with Gasteiger partial charge in [0.15, 0.2) is 0 Å². The molecule has 0 saturated heterocycles. The molecule has 0 aliphatic rings. The minimum Gasteiger partial charge on any atom is -0.355 e. The Kier molecular flexibility index (Phi) is 5.47. The molecule has 0 spiro atoms. The number of amides is 2. The van der Waals surface area contributed by atoms with E-state index in [1.54, 1.807) is 25.4 Å². The van der Waals surface area contributed by atoms with Gasteiger partial charge in [0.2, 0.25) is 5.91 Å². The number of para-hydroxylation sites is 1. The molecule has 0 unspecified atom stereocenters. The summed E-state index contributed by atoms with van der Waals surface area (Å²) in [5.74, 6) is 0.0946. The molecule has 1 heterocycles. The lowest BCUT2D eigenvalue weighted by Crippen LogP contribution is -2.18. The van der Waals surface area contributed by atoms with Gasteiger partial charge in [-0.05, 0) is 53.6 Å². The topological polar surface area (TPSA) is 83.1 Å². The summed E-state index contributed by atoms with van der Waals surface area (Å²) in [5, 5.41) is 8.64.